The second-order valence-corrected chi connectivity index (χ2v) is 13.1. The monoisotopic (exact) mass is 414 g/mol. The summed E-state index contributed by atoms with van der Waals surface area (Å²) in [5.74, 6) is 0.203. The molecule has 2 aromatic rings. The lowest BCUT2D eigenvalue weighted by atomic mass is 10.0. The van der Waals surface area contributed by atoms with Crippen molar-refractivity contribution in [2.45, 2.75) is 51.0 Å². The van der Waals surface area contributed by atoms with Gasteiger partial charge >= 0.3 is 0 Å². The zero-order chi connectivity index (χ0) is 20.9. The molecule has 0 aromatic heterocycles. The normalized spacial score (nSPS) is 22.7. The summed E-state index contributed by atoms with van der Waals surface area (Å²) in [5.41, 5.74) is 0. The highest BCUT2D eigenvalue weighted by Gasteiger charge is 2.51. The maximum absolute atomic E-state index is 9.46. The van der Waals surface area contributed by atoms with Crippen molar-refractivity contribution in [3.8, 4) is 0 Å². The number of benzene rings is 2. The van der Waals surface area contributed by atoms with Crippen LogP contribution in [0.4, 0.5) is 0 Å². The molecule has 29 heavy (non-hydrogen) atoms. The Kier molecular flexibility index (Phi) is 7.30. The molecule has 5 heteroatoms. The summed E-state index contributed by atoms with van der Waals surface area (Å²) in [6.45, 7) is 7.56. The Labute approximate surface area is 176 Å². The second kappa shape index (κ2) is 9.54. The summed E-state index contributed by atoms with van der Waals surface area (Å²) < 4.78 is 18.5. The van der Waals surface area contributed by atoms with Crippen LogP contribution in [0.5, 0.6) is 0 Å². The minimum atomic E-state index is -2.56. The van der Waals surface area contributed by atoms with Crippen LogP contribution in [0.2, 0.25) is 5.04 Å². The van der Waals surface area contributed by atoms with Gasteiger partial charge in [0, 0.05) is 32.7 Å². The molecular formula is C24H34O4Si. The third-order valence-electron chi connectivity index (χ3n) is 5.95. The van der Waals surface area contributed by atoms with Gasteiger partial charge in [-0.1, -0.05) is 81.4 Å². The Morgan fingerprint density at radius 3 is 2.00 bits per heavy atom. The first kappa shape index (κ1) is 22.2. The van der Waals surface area contributed by atoms with E-state index in [4.69, 9.17) is 13.9 Å². The molecular weight excluding hydrogens is 380 g/mol. The molecule has 0 aliphatic carbocycles. The Morgan fingerprint density at radius 1 is 1.00 bits per heavy atom. The van der Waals surface area contributed by atoms with Crippen LogP contribution in [0.15, 0.2) is 60.7 Å². The lowest BCUT2D eigenvalue weighted by Gasteiger charge is -2.43. The molecule has 3 rings (SSSR count). The molecule has 3 atom stereocenters. The minimum Gasteiger partial charge on any atom is -0.407 e. The van der Waals surface area contributed by atoms with E-state index < -0.39 is 8.32 Å². The molecule has 1 saturated heterocycles. The predicted molar refractivity (Wildman–Crippen MR) is 119 cm³/mol. The zero-order valence-corrected chi connectivity index (χ0v) is 19.0. The highest BCUT2D eigenvalue weighted by atomic mass is 28.4. The number of ether oxygens (including phenoxy) is 2. The van der Waals surface area contributed by atoms with Crippen LogP contribution in [0.3, 0.4) is 0 Å². The first-order valence-electron chi connectivity index (χ1n) is 10.5. The van der Waals surface area contributed by atoms with E-state index in [1.807, 2.05) is 0 Å². The quantitative estimate of drug-likeness (QED) is 0.673. The highest BCUT2D eigenvalue weighted by molar-refractivity contribution is 6.99. The van der Waals surface area contributed by atoms with Crippen molar-refractivity contribution in [1.29, 1.82) is 0 Å². The fraction of sp³-hybridized carbons (Fsp3) is 0.500. The molecule has 2 aromatic carbocycles. The van der Waals surface area contributed by atoms with E-state index in [2.05, 4.69) is 81.4 Å². The van der Waals surface area contributed by atoms with Gasteiger partial charge in [-0.05, 0) is 21.8 Å². The fourth-order valence-corrected chi connectivity index (χ4v) is 9.13. The molecule has 1 N–H and O–H groups in total. The predicted octanol–water partition coefficient (Wildman–Crippen LogP) is 3.32. The minimum absolute atomic E-state index is 0.0387. The zero-order valence-electron chi connectivity index (χ0n) is 18.0. The van der Waals surface area contributed by atoms with Gasteiger partial charge in [0.1, 0.15) is 0 Å². The molecule has 0 radical (unpaired) electrons. The highest BCUT2D eigenvalue weighted by Crippen LogP contribution is 2.38. The SMILES string of the molecule is CO[C@H]1C[C@H](CO[Si](c2ccccc2)(c2ccccc2)C(C)(C)C)[C@H](CCO)O1. The lowest BCUT2D eigenvalue weighted by Crippen LogP contribution is -2.67. The standard InChI is InChI=1S/C24H34O4Si/c1-24(2,3)29(20-11-7-5-8-12-20,21-13-9-6-10-14-21)27-18-19-17-23(26-4)28-22(19)15-16-25/h5-14,19,22-23,25H,15-18H2,1-4H3/t19-,22+,23-/m1/s1. The average Bonchev–Trinajstić information content (AvgIpc) is 3.11. The van der Waals surface area contributed by atoms with E-state index in [-0.39, 0.29) is 30.0 Å². The number of rotatable bonds is 8. The molecule has 0 unspecified atom stereocenters. The van der Waals surface area contributed by atoms with E-state index in [0.717, 1.165) is 6.42 Å². The number of methoxy groups -OCH3 is 1. The molecule has 0 spiro atoms. The van der Waals surface area contributed by atoms with Gasteiger partial charge < -0.3 is 19.0 Å². The van der Waals surface area contributed by atoms with Crippen molar-refractivity contribution in [2.24, 2.45) is 5.92 Å². The molecule has 0 saturated carbocycles. The Bertz CT molecular complexity index is 705. The first-order chi connectivity index (χ1) is 13.9. The van der Waals surface area contributed by atoms with Crippen molar-refractivity contribution in [3.63, 3.8) is 0 Å². The van der Waals surface area contributed by atoms with Gasteiger partial charge in [0.05, 0.1) is 6.10 Å². The third kappa shape index (κ3) is 4.65. The van der Waals surface area contributed by atoms with E-state index in [0.29, 0.717) is 13.0 Å². The van der Waals surface area contributed by atoms with Gasteiger partial charge in [0.25, 0.3) is 8.32 Å². The molecule has 0 amide bonds. The maximum Gasteiger partial charge on any atom is 0.261 e. The van der Waals surface area contributed by atoms with E-state index in [9.17, 15) is 5.11 Å². The van der Waals surface area contributed by atoms with E-state index in [1.165, 1.54) is 10.4 Å². The van der Waals surface area contributed by atoms with Crippen molar-refractivity contribution in [1.82, 2.24) is 0 Å². The first-order valence-corrected chi connectivity index (χ1v) is 12.4. The summed E-state index contributed by atoms with van der Waals surface area (Å²) in [6.07, 6.45) is 1.14. The smallest absolute Gasteiger partial charge is 0.261 e. The molecule has 4 nitrogen and oxygen atoms in total. The van der Waals surface area contributed by atoms with Crippen LogP contribution in [-0.2, 0) is 13.9 Å². The van der Waals surface area contributed by atoms with Crippen LogP contribution in [0.25, 0.3) is 0 Å². The summed E-state index contributed by atoms with van der Waals surface area (Å²) in [4.78, 5) is 0. The van der Waals surface area contributed by atoms with Crippen molar-refractivity contribution in [2.75, 3.05) is 20.3 Å². The van der Waals surface area contributed by atoms with Gasteiger partial charge in [-0.2, -0.15) is 0 Å². The van der Waals surface area contributed by atoms with E-state index in [1.54, 1.807) is 7.11 Å². The lowest BCUT2D eigenvalue weighted by molar-refractivity contribution is -0.119. The third-order valence-corrected chi connectivity index (χ3v) is 11.0. The Hall–Kier alpha value is -1.50. The Morgan fingerprint density at radius 2 is 1.55 bits per heavy atom. The summed E-state index contributed by atoms with van der Waals surface area (Å²) in [6, 6.07) is 21.3. The van der Waals surface area contributed by atoms with Gasteiger partial charge in [-0.3, -0.25) is 0 Å². The van der Waals surface area contributed by atoms with Crippen molar-refractivity contribution in [3.05, 3.63) is 60.7 Å². The summed E-state index contributed by atoms with van der Waals surface area (Å²) >= 11 is 0. The molecule has 1 aliphatic rings. The molecule has 1 aliphatic heterocycles. The fourth-order valence-electron chi connectivity index (χ4n) is 4.51. The number of hydrogen-bond donors (Lipinski definition) is 1. The van der Waals surface area contributed by atoms with E-state index >= 15 is 0 Å². The maximum atomic E-state index is 9.46. The van der Waals surface area contributed by atoms with Crippen molar-refractivity contribution < 1.29 is 19.0 Å². The van der Waals surface area contributed by atoms with Crippen molar-refractivity contribution >= 4 is 18.7 Å². The largest absolute Gasteiger partial charge is 0.407 e. The number of aliphatic hydroxyl groups is 1. The van der Waals surface area contributed by atoms with Gasteiger partial charge in [0.15, 0.2) is 6.29 Å². The average molecular weight is 415 g/mol. The summed E-state index contributed by atoms with van der Waals surface area (Å²) in [5, 5.41) is 12.0. The molecule has 1 heterocycles. The van der Waals surface area contributed by atoms with Gasteiger partial charge in [-0.25, -0.2) is 0 Å². The Balaban J connectivity index is 1.98. The molecule has 0 bridgehead atoms. The van der Waals surface area contributed by atoms with Gasteiger partial charge in [-0.15, -0.1) is 0 Å². The summed E-state index contributed by atoms with van der Waals surface area (Å²) in [7, 11) is -0.888. The van der Waals surface area contributed by atoms with Crippen LogP contribution in [0, 0.1) is 5.92 Å². The van der Waals surface area contributed by atoms with Crippen LogP contribution in [-0.4, -0.2) is 46.1 Å². The van der Waals surface area contributed by atoms with Crippen LogP contribution >= 0.6 is 0 Å². The number of hydrogen-bond acceptors (Lipinski definition) is 4. The number of aliphatic hydroxyl groups excluding tert-OH is 1. The molecule has 1 fully saturated rings. The molecule has 158 valence electrons. The van der Waals surface area contributed by atoms with Crippen LogP contribution in [0.1, 0.15) is 33.6 Å². The second-order valence-electron chi connectivity index (χ2n) is 8.82. The van der Waals surface area contributed by atoms with Gasteiger partial charge in [0.2, 0.25) is 0 Å². The topological polar surface area (TPSA) is 47.9 Å². The van der Waals surface area contributed by atoms with Crippen LogP contribution < -0.4 is 10.4 Å².